The van der Waals surface area contributed by atoms with Gasteiger partial charge < -0.3 is 10.1 Å². The molecule has 0 saturated carbocycles. The standard InChI is InChI=1S/C12H17NO/c1-3-11-5-7-12(8-6-11)13-9-4-10-14-2/h3,5-8,13H,1,4,9-10H2,2H3. The summed E-state index contributed by atoms with van der Waals surface area (Å²) in [6.07, 6.45) is 2.87. The highest BCUT2D eigenvalue weighted by Gasteiger charge is 1.91. The van der Waals surface area contributed by atoms with Crippen LogP contribution < -0.4 is 5.32 Å². The fraction of sp³-hybridized carbons (Fsp3) is 0.333. The monoisotopic (exact) mass is 191 g/mol. The Morgan fingerprint density at radius 1 is 1.36 bits per heavy atom. The first kappa shape index (κ1) is 10.8. The van der Waals surface area contributed by atoms with Gasteiger partial charge in [0.1, 0.15) is 0 Å². The Labute approximate surface area is 85.6 Å². The molecular weight excluding hydrogens is 174 g/mol. The molecule has 1 aromatic carbocycles. The maximum absolute atomic E-state index is 4.96. The fourth-order valence-corrected chi connectivity index (χ4v) is 1.19. The van der Waals surface area contributed by atoms with Crippen LogP contribution in [0.1, 0.15) is 12.0 Å². The van der Waals surface area contributed by atoms with Gasteiger partial charge >= 0.3 is 0 Å². The third-order valence-electron chi connectivity index (χ3n) is 2.00. The highest BCUT2D eigenvalue weighted by molar-refractivity contribution is 5.53. The molecule has 1 aromatic rings. The Balaban J connectivity index is 2.32. The van der Waals surface area contributed by atoms with Gasteiger partial charge in [-0.1, -0.05) is 24.8 Å². The summed E-state index contributed by atoms with van der Waals surface area (Å²) in [6.45, 7) is 5.46. The van der Waals surface area contributed by atoms with E-state index in [2.05, 4.69) is 24.0 Å². The maximum Gasteiger partial charge on any atom is 0.0479 e. The molecule has 14 heavy (non-hydrogen) atoms. The van der Waals surface area contributed by atoms with Crippen molar-refractivity contribution in [3.05, 3.63) is 36.4 Å². The third kappa shape index (κ3) is 3.62. The van der Waals surface area contributed by atoms with Crippen LogP contribution in [0.5, 0.6) is 0 Å². The van der Waals surface area contributed by atoms with Crippen LogP contribution in [0, 0.1) is 0 Å². The minimum atomic E-state index is 0.803. The quantitative estimate of drug-likeness (QED) is 0.698. The largest absolute Gasteiger partial charge is 0.385 e. The number of nitrogens with one attached hydrogen (secondary N) is 1. The smallest absolute Gasteiger partial charge is 0.0479 e. The van der Waals surface area contributed by atoms with Crippen molar-refractivity contribution >= 4 is 11.8 Å². The molecule has 0 aliphatic heterocycles. The van der Waals surface area contributed by atoms with E-state index in [1.807, 2.05) is 18.2 Å². The lowest BCUT2D eigenvalue weighted by atomic mass is 10.2. The molecule has 2 nitrogen and oxygen atoms in total. The summed E-state index contributed by atoms with van der Waals surface area (Å²) in [6, 6.07) is 8.21. The molecule has 0 aromatic heterocycles. The summed E-state index contributed by atoms with van der Waals surface area (Å²) in [7, 11) is 1.72. The van der Waals surface area contributed by atoms with Crippen LogP contribution in [0.15, 0.2) is 30.8 Å². The molecule has 76 valence electrons. The molecule has 0 amide bonds. The van der Waals surface area contributed by atoms with Crippen molar-refractivity contribution in [1.29, 1.82) is 0 Å². The summed E-state index contributed by atoms with van der Waals surface area (Å²) in [5.41, 5.74) is 2.29. The first-order valence-corrected chi connectivity index (χ1v) is 4.82. The number of benzene rings is 1. The molecule has 1 N–H and O–H groups in total. The molecular formula is C12H17NO. The molecule has 0 saturated heterocycles. The van der Waals surface area contributed by atoms with E-state index in [4.69, 9.17) is 4.74 Å². The predicted octanol–water partition coefficient (Wildman–Crippen LogP) is 2.78. The molecule has 0 aliphatic carbocycles. The number of ether oxygens (including phenoxy) is 1. The lowest BCUT2D eigenvalue weighted by Gasteiger charge is -2.05. The average molecular weight is 191 g/mol. The lowest BCUT2D eigenvalue weighted by molar-refractivity contribution is 0.198. The second-order valence-corrected chi connectivity index (χ2v) is 3.10. The summed E-state index contributed by atoms with van der Waals surface area (Å²) in [5, 5.41) is 3.32. The second kappa shape index (κ2) is 6.22. The van der Waals surface area contributed by atoms with Crippen LogP contribution in [0.3, 0.4) is 0 Å². The molecule has 0 aliphatic rings. The maximum atomic E-state index is 4.96. The van der Waals surface area contributed by atoms with E-state index >= 15 is 0 Å². The Bertz CT molecular complexity index is 266. The topological polar surface area (TPSA) is 21.3 Å². The molecule has 1 rings (SSSR count). The van der Waals surface area contributed by atoms with Crippen LogP contribution in [-0.2, 0) is 4.74 Å². The minimum Gasteiger partial charge on any atom is -0.385 e. The van der Waals surface area contributed by atoms with Gasteiger partial charge in [0.2, 0.25) is 0 Å². The number of hydrogen-bond donors (Lipinski definition) is 1. The molecule has 0 radical (unpaired) electrons. The first-order valence-electron chi connectivity index (χ1n) is 4.82. The molecule has 0 fully saturated rings. The van der Waals surface area contributed by atoms with Gasteiger partial charge in [-0.05, 0) is 24.1 Å². The normalized spacial score (nSPS) is 9.79. The highest BCUT2D eigenvalue weighted by Crippen LogP contribution is 2.09. The minimum absolute atomic E-state index is 0.803. The van der Waals surface area contributed by atoms with E-state index in [9.17, 15) is 0 Å². The number of anilines is 1. The fourth-order valence-electron chi connectivity index (χ4n) is 1.19. The van der Waals surface area contributed by atoms with Crippen LogP contribution in [0.2, 0.25) is 0 Å². The zero-order chi connectivity index (χ0) is 10.2. The Kier molecular flexibility index (Phi) is 4.79. The summed E-state index contributed by atoms with van der Waals surface area (Å²) in [4.78, 5) is 0. The van der Waals surface area contributed by atoms with Gasteiger partial charge in [0.25, 0.3) is 0 Å². The molecule has 0 heterocycles. The van der Waals surface area contributed by atoms with Gasteiger partial charge in [0.05, 0.1) is 0 Å². The van der Waals surface area contributed by atoms with Gasteiger partial charge in [0.15, 0.2) is 0 Å². The van der Waals surface area contributed by atoms with Gasteiger partial charge in [-0.2, -0.15) is 0 Å². The van der Waals surface area contributed by atoms with E-state index in [0.717, 1.165) is 30.8 Å². The van der Waals surface area contributed by atoms with Crippen molar-refractivity contribution in [3.8, 4) is 0 Å². The van der Waals surface area contributed by atoms with Crippen molar-refractivity contribution < 1.29 is 4.74 Å². The van der Waals surface area contributed by atoms with E-state index < -0.39 is 0 Å². The van der Waals surface area contributed by atoms with Crippen LogP contribution in [-0.4, -0.2) is 20.3 Å². The van der Waals surface area contributed by atoms with Crippen molar-refractivity contribution in [2.75, 3.05) is 25.6 Å². The molecule has 0 spiro atoms. The van der Waals surface area contributed by atoms with Crippen molar-refractivity contribution in [3.63, 3.8) is 0 Å². The third-order valence-corrected chi connectivity index (χ3v) is 2.00. The molecule has 0 unspecified atom stereocenters. The first-order chi connectivity index (χ1) is 6.86. The molecule has 2 heteroatoms. The van der Waals surface area contributed by atoms with Crippen LogP contribution in [0.25, 0.3) is 6.08 Å². The number of hydrogen-bond acceptors (Lipinski definition) is 2. The van der Waals surface area contributed by atoms with Gasteiger partial charge in [-0.15, -0.1) is 0 Å². The van der Waals surface area contributed by atoms with Gasteiger partial charge in [0, 0.05) is 25.9 Å². The van der Waals surface area contributed by atoms with Crippen molar-refractivity contribution in [2.45, 2.75) is 6.42 Å². The molecule has 0 atom stereocenters. The van der Waals surface area contributed by atoms with Gasteiger partial charge in [-0.3, -0.25) is 0 Å². The Hall–Kier alpha value is -1.28. The van der Waals surface area contributed by atoms with Crippen molar-refractivity contribution in [2.24, 2.45) is 0 Å². The van der Waals surface area contributed by atoms with E-state index in [1.165, 1.54) is 0 Å². The SMILES string of the molecule is C=Cc1ccc(NCCCOC)cc1. The molecule has 0 bridgehead atoms. The zero-order valence-corrected chi connectivity index (χ0v) is 8.62. The van der Waals surface area contributed by atoms with Crippen LogP contribution in [0.4, 0.5) is 5.69 Å². The average Bonchev–Trinajstić information content (AvgIpc) is 2.25. The second-order valence-electron chi connectivity index (χ2n) is 3.10. The van der Waals surface area contributed by atoms with Crippen LogP contribution >= 0.6 is 0 Å². The zero-order valence-electron chi connectivity index (χ0n) is 8.62. The summed E-state index contributed by atoms with van der Waals surface area (Å²) < 4.78 is 4.96. The Morgan fingerprint density at radius 3 is 2.64 bits per heavy atom. The predicted molar refractivity (Wildman–Crippen MR) is 61.5 cm³/mol. The number of methoxy groups -OCH3 is 1. The number of rotatable bonds is 6. The summed E-state index contributed by atoms with van der Waals surface area (Å²) in [5.74, 6) is 0. The van der Waals surface area contributed by atoms with E-state index in [-0.39, 0.29) is 0 Å². The lowest BCUT2D eigenvalue weighted by Crippen LogP contribution is -2.04. The Morgan fingerprint density at radius 2 is 2.07 bits per heavy atom. The highest BCUT2D eigenvalue weighted by atomic mass is 16.5. The summed E-state index contributed by atoms with van der Waals surface area (Å²) >= 11 is 0. The van der Waals surface area contributed by atoms with E-state index in [1.54, 1.807) is 7.11 Å². The van der Waals surface area contributed by atoms with E-state index in [0.29, 0.717) is 0 Å². The van der Waals surface area contributed by atoms with Crippen molar-refractivity contribution in [1.82, 2.24) is 0 Å². The van der Waals surface area contributed by atoms with Gasteiger partial charge in [-0.25, -0.2) is 0 Å².